The first-order valence-corrected chi connectivity index (χ1v) is 9.97. The number of hydrogen-bond donors (Lipinski definition) is 1. The second-order valence-corrected chi connectivity index (χ2v) is 8.89. The highest BCUT2D eigenvalue weighted by Gasteiger charge is 2.43. The summed E-state index contributed by atoms with van der Waals surface area (Å²) in [6.07, 6.45) is 1.12. The summed E-state index contributed by atoms with van der Waals surface area (Å²) in [6, 6.07) is 4.93. The second-order valence-electron chi connectivity index (χ2n) is 6.45. The van der Waals surface area contributed by atoms with E-state index in [0.717, 1.165) is 30.0 Å². The zero-order valence-electron chi connectivity index (χ0n) is 15.4. The van der Waals surface area contributed by atoms with Crippen LogP contribution in [0.4, 0.5) is 8.78 Å². The van der Waals surface area contributed by atoms with Crippen molar-refractivity contribution in [1.82, 2.24) is 4.57 Å². The van der Waals surface area contributed by atoms with E-state index in [0.29, 0.717) is 0 Å². The van der Waals surface area contributed by atoms with E-state index in [-0.39, 0.29) is 23.4 Å². The van der Waals surface area contributed by atoms with Gasteiger partial charge in [0, 0.05) is 36.2 Å². The third-order valence-electron chi connectivity index (χ3n) is 4.65. The molecule has 1 unspecified atom stereocenters. The summed E-state index contributed by atoms with van der Waals surface area (Å²) in [5.74, 6) is -3.45. The third kappa shape index (κ3) is 3.91. The number of halogens is 2. The number of aromatic nitrogens is 1. The SMILES string of the molecule is COc1cccc(-c2cc(=O)n(CCC(C)(C(=O)O)S(C)(=O)=O)cc2F)c1F. The molecule has 1 heterocycles. The van der Waals surface area contributed by atoms with Crippen molar-refractivity contribution >= 4 is 15.8 Å². The molecular weight excluding hydrogens is 396 g/mol. The Morgan fingerprint density at radius 2 is 1.93 bits per heavy atom. The van der Waals surface area contributed by atoms with Crippen LogP contribution in [0.5, 0.6) is 5.75 Å². The van der Waals surface area contributed by atoms with Gasteiger partial charge in [0.05, 0.1) is 7.11 Å². The van der Waals surface area contributed by atoms with Crippen LogP contribution < -0.4 is 10.3 Å². The fraction of sp³-hybridized carbons (Fsp3) is 0.333. The van der Waals surface area contributed by atoms with Crippen LogP contribution in [0.1, 0.15) is 13.3 Å². The Labute approximate surface area is 160 Å². The van der Waals surface area contributed by atoms with E-state index in [2.05, 4.69) is 0 Å². The number of aryl methyl sites for hydroxylation is 1. The van der Waals surface area contributed by atoms with Crippen molar-refractivity contribution in [3.8, 4) is 16.9 Å². The van der Waals surface area contributed by atoms with Crippen molar-refractivity contribution in [3.63, 3.8) is 0 Å². The number of ether oxygens (including phenoxy) is 1. The molecule has 0 spiro atoms. The van der Waals surface area contributed by atoms with Gasteiger partial charge in [-0.25, -0.2) is 17.2 Å². The Kier molecular flexibility index (Phi) is 5.93. The van der Waals surface area contributed by atoms with Gasteiger partial charge in [-0.1, -0.05) is 12.1 Å². The number of nitrogens with zero attached hydrogens (tertiary/aromatic N) is 1. The zero-order valence-corrected chi connectivity index (χ0v) is 16.2. The van der Waals surface area contributed by atoms with Crippen LogP contribution in [-0.2, 0) is 21.2 Å². The van der Waals surface area contributed by atoms with Gasteiger partial charge in [0.25, 0.3) is 5.56 Å². The van der Waals surface area contributed by atoms with Crippen LogP contribution in [0.25, 0.3) is 11.1 Å². The highest BCUT2D eigenvalue weighted by Crippen LogP contribution is 2.30. The van der Waals surface area contributed by atoms with Gasteiger partial charge in [-0.05, 0) is 19.4 Å². The molecule has 10 heteroatoms. The average Bonchev–Trinajstić information content (AvgIpc) is 2.61. The molecule has 0 amide bonds. The Balaban J connectivity index is 2.43. The third-order valence-corrected chi connectivity index (χ3v) is 6.67. The Hall–Kier alpha value is -2.75. The molecule has 0 bridgehead atoms. The normalized spacial score (nSPS) is 13.8. The van der Waals surface area contributed by atoms with Gasteiger partial charge in [0.1, 0.15) is 5.82 Å². The van der Waals surface area contributed by atoms with Crippen molar-refractivity contribution in [2.45, 2.75) is 24.6 Å². The maximum absolute atomic E-state index is 14.5. The van der Waals surface area contributed by atoms with Crippen molar-refractivity contribution < 1.29 is 31.8 Å². The molecule has 2 rings (SSSR count). The maximum atomic E-state index is 14.5. The predicted octanol–water partition coefficient (Wildman–Crippen LogP) is 2.08. The molecule has 0 aliphatic carbocycles. The van der Waals surface area contributed by atoms with Gasteiger partial charge >= 0.3 is 5.97 Å². The van der Waals surface area contributed by atoms with Gasteiger partial charge in [0.15, 0.2) is 26.2 Å². The van der Waals surface area contributed by atoms with E-state index in [1.165, 1.54) is 25.3 Å². The zero-order chi connectivity index (χ0) is 21.3. The molecular formula is C18H19F2NO6S. The van der Waals surface area contributed by atoms with Crippen LogP contribution in [-0.4, -0.2) is 42.2 Å². The Bertz CT molecular complexity index is 1080. The summed E-state index contributed by atoms with van der Waals surface area (Å²) in [7, 11) is -2.75. The van der Waals surface area contributed by atoms with Gasteiger partial charge in [-0.15, -0.1) is 0 Å². The predicted molar refractivity (Wildman–Crippen MR) is 98.1 cm³/mol. The highest BCUT2D eigenvalue weighted by atomic mass is 32.2. The molecule has 2 aromatic rings. The molecule has 0 saturated heterocycles. The molecule has 0 radical (unpaired) electrons. The van der Waals surface area contributed by atoms with E-state index >= 15 is 0 Å². The van der Waals surface area contributed by atoms with Gasteiger partial charge < -0.3 is 14.4 Å². The number of pyridine rings is 1. The van der Waals surface area contributed by atoms with E-state index in [1.807, 2.05) is 0 Å². The number of benzene rings is 1. The average molecular weight is 415 g/mol. The minimum absolute atomic E-state index is 0.119. The molecule has 1 N–H and O–H groups in total. The molecule has 0 aliphatic rings. The topological polar surface area (TPSA) is 103 Å². The fourth-order valence-electron chi connectivity index (χ4n) is 2.59. The number of carboxylic acid groups (broad SMARTS) is 1. The van der Waals surface area contributed by atoms with Crippen molar-refractivity contribution in [1.29, 1.82) is 0 Å². The smallest absolute Gasteiger partial charge is 0.324 e. The monoisotopic (exact) mass is 415 g/mol. The lowest BCUT2D eigenvalue weighted by Crippen LogP contribution is -2.44. The summed E-state index contributed by atoms with van der Waals surface area (Å²) >= 11 is 0. The standard InChI is InChI=1S/C18H19F2NO6S/c1-18(17(23)24,28(3,25)26)7-8-21-10-13(19)12(9-15(21)22)11-5-4-6-14(27-2)16(11)20/h4-6,9-10H,7-8H2,1-3H3,(H,23,24). The second kappa shape index (κ2) is 7.70. The lowest BCUT2D eigenvalue weighted by molar-refractivity contribution is -0.139. The van der Waals surface area contributed by atoms with Crippen LogP contribution in [0, 0.1) is 11.6 Å². The van der Waals surface area contributed by atoms with Crippen LogP contribution in [0.15, 0.2) is 35.3 Å². The molecule has 28 heavy (non-hydrogen) atoms. The van der Waals surface area contributed by atoms with Gasteiger partial charge in [0.2, 0.25) is 0 Å². The van der Waals surface area contributed by atoms with E-state index < -0.39 is 44.2 Å². The number of sulfone groups is 1. The molecule has 1 atom stereocenters. The number of carbonyl (C=O) groups is 1. The Morgan fingerprint density at radius 3 is 2.46 bits per heavy atom. The van der Waals surface area contributed by atoms with E-state index in [4.69, 9.17) is 4.74 Å². The number of aliphatic carboxylic acids is 1. The first-order chi connectivity index (χ1) is 12.9. The number of hydrogen-bond acceptors (Lipinski definition) is 5. The van der Waals surface area contributed by atoms with Crippen LogP contribution >= 0.6 is 0 Å². The minimum atomic E-state index is -3.99. The summed E-state index contributed by atoms with van der Waals surface area (Å²) in [4.78, 5) is 23.7. The summed E-state index contributed by atoms with van der Waals surface area (Å²) in [5.41, 5.74) is -1.20. The van der Waals surface area contributed by atoms with Crippen molar-refractivity contribution in [2.75, 3.05) is 13.4 Å². The molecule has 7 nitrogen and oxygen atoms in total. The Morgan fingerprint density at radius 1 is 1.29 bits per heavy atom. The lowest BCUT2D eigenvalue weighted by Gasteiger charge is -2.23. The lowest BCUT2D eigenvalue weighted by atomic mass is 10.0. The summed E-state index contributed by atoms with van der Waals surface area (Å²) in [5, 5.41) is 9.25. The first kappa shape index (κ1) is 21.5. The van der Waals surface area contributed by atoms with E-state index in [9.17, 15) is 31.9 Å². The summed E-state index contributed by atoms with van der Waals surface area (Å²) in [6.45, 7) is 0.665. The molecule has 0 fully saturated rings. The van der Waals surface area contributed by atoms with Crippen LogP contribution in [0.3, 0.4) is 0 Å². The summed E-state index contributed by atoms with van der Waals surface area (Å²) < 4.78 is 56.1. The number of carboxylic acids is 1. The fourth-order valence-corrected chi connectivity index (χ4v) is 3.37. The van der Waals surface area contributed by atoms with Crippen molar-refractivity contribution in [2.24, 2.45) is 0 Å². The number of methoxy groups -OCH3 is 1. The molecule has 1 aromatic heterocycles. The van der Waals surface area contributed by atoms with Crippen LogP contribution in [0.2, 0.25) is 0 Å². The molecule has 0 saturated carbocycles. The first-order valence-electron chi connectivity index (χ1n) is 8.08. The van der Waals surface area contributed by atoms with Crippen molar-refractivity contribution in [3.05, 3.63) is 52.5 Å². The number of rotatable bonds is 7. The van der Waals surface area contributed by atoms with E-state index in [1.54, 1.807) is 0 Å². The van der Waals surface area contributed by atoms with Gasteiger partial charge in [-0.3, -0.25) is 9.59 Å². The van der Waals surface area contributed by atoms with Gasteiger partial charge in [-0.2, -0.15) is 0 Å². The molecule has 1 aromatic carbocycles. The molecule has 0 aliphatic heterocycles. The minimum Gasteiger partial charge on any atom is -0.494 e. The largest absolute Gasteiger partial charge is 0.494 e. The highest BCUT2D eigenvalue weighted by molar-refractivity contribution is 7.92. The molecule has 152 valence electrons. The quantitative estimate of drug-likeness (QED) is 0.743. The maximum Gasteiger partial charge on any atom is 0.324 e.